The fourth-order valence-corrected chi connectivity index (χ4v) is 6.70. The van der Waals surface area contributed by atoms with E-state index >= 15 is 0 Å². The molecule has 1 fully saturated rings. The molecule has 0 bridgehead atoms. The van der Waals surface area contributed by atoms with Gasteiger partial charge in [0.15, 0.2) is 6.61 Å². The fraction of sp³-hybridized carbons (Fsp3) is 0.364. The number of hydrogen-bond donors (Lipinski definition) is 5. The molecule has 4 atom stereocenters. The van der Waals surface area contributed by atoms with Gasteiger partial charge in [0, 0.05) is 19.1 Å². The Bertz CT molecular complexity index is 1800. The standard InChI is InChI=1S/C37H48N4O5.C7H6O2/c1-25(2)34(41-20-12-19-38-37(41)45)36(44)39-30(21-28-15-7-5-8-16-28)23-32(42)31(22-29-17-9-6-10-18-29)40-33(43)24-46-35-26(3)13-11-14-27(35)4;8-7(9)6-4-2-1-3-5-6/h5-11,13-18,25,30-32,34,42H,12,19-24H2,1-4H3,(H,38,45)(H,39,44)(H,40,43);1-5H,(H,8,9)/t30-,31-,32-,34-;/m0./s1. The molecular formula is C44H54N4O7. The zero-order valence-electron chi connectivity index (χ0n) is 32.1. The number of urea groups is 1. The van der Waals surface area contributed by atoms with Crippen molar-refractivity contribution in [3.05, 3.63) is 137 Å². The fourth-order valence-electron chi connectivity index (χ4n) is 6.70. The summed E-state index contributed by atoms with van der Waals surface area (Å²) < 4.78 is 5.90. The molecule has 55 heavy (non-hydrogen) atoms. The lowest BCUT2D eigenvalue weighted by molar-refractivity contribution is -0.128. The molecule has 5 rings (SSSR count). The zero-order chi connectivity index (χ0) is 39.7. The molecule has 1 saturated heterocycles. The van der Waals surface area contributed by atoms with Crippen LogP contribution in [0.15, 0.2) is 109 Å². The topological polar surface area (TPSA) is 157 Å². The van der Waals surface area contributed by atoms with Gasteiger partial charge in [-0.1, -0.05) is 111 Å². The SMILES string of the molecule is Cc1cccc(C)c1OCC(=O)N[C@@H](Cc1ccccc1)[C@@H](O)C[C@H](Cc1ccccc1)NC(=O)[C@H](C(C)C)N1CCCNC1=O.O=C(O)c1ccccc1. The highest BCUT2D eigenvalue weighted by atomic mass is 16.5. The van der Waals surface area contributed by atoms with Crippen LogP contribution in [0.5, 0.6) is 5.75 Å². The number of carboxylic acids is 1. The number of ether oxygens (including phenoxy) is 1. The van der Waals surface area contributed by atoms with Gasteiger partial charge in [0.2, 0.25) is 5.91 Å². The summed E-state index contributed by atoms with van der Waals surface area (Å²) in [7, 11) is 0. The van der Waals surface area contributed by atoms with E-state index in [2.05, 4.69) is 16.0 Å². The molecular weight excluding hydrogens is 697 g/mol. The van der Waals surface area contributed by atoms with Crippen molar-refractivity contribution in [3.8, 4) is 5.75 Å². The summed E-state index contributed by atoms with van der Waals surface area (Å²) >= 11 is 0. The molecule has 0 aromatic heterocycles. The second-order valence-corrected chi connectivity index (χ2v) is 14.2. The first-order valence-corrected chi connectivity index (χ1v) is 18.8. The Hall–Kier alpha value is -5.68. The van der Waals surface area contributed by atoms with Crippen LogP contribution in [-0.4, -0.2) is 82.9 Å². The molecule has 4 aromatic carbocycles. The van der Waals surface area contributed by atoms with E-state index in [1.807, 2.05) is 107 Å². The van der Waals surface area contributed by atoms with Gasteiger partial charge in [0.1, 0.15) is 11.8 Å². The number of carbonyl (C=O) groups is 4. The number of amides is 4. The van der Waals surface area contributed by atoms with Crippen molar-refractivity contribution in [2.45, 2.75) is 77.6 Å². The second kappa shape index (κ2) is 21.3. The van der Waals surface area contributed by atoms with Gasteiger partial charge >= 0.3 is 12.0 Å². The lowest BCUT2D eigenvalue weighted by atomic mass is 9.92. The van der Waals surface area contributed by atoms with E-state index in [9.17, 15) is 24.3 Å². The van der Waals surface area contributed by atoms with Gasteiger partial charge in [-0.05, 0) is 79.8 Å². The van der Waals surface area contributed by atoms with Gasteiger partial charge in [-0.15, -0.1) is 0 Å². The van der Waals surface area contributed by atoms with Crippen molar-refractivity contribution in [2.24, 2.45) is 5.92 Å². The maximum Gasteiger partial charge on any atom is 0.335 e. The average Bonchev–Trinajstić information content (AvgIpc) is 3.16. The molecule has 1 aliphatic rings. The zero-order valence-corrected chi connectivity index (χ0v) is 32.1. The van der Waals surface area contributed by atoms with Gasteiger partial charge in [-0.3, -0.25) is 9.59 Å². The van der Waals surface area contributed by atoms with Gasteiger partial charge in [-0.25, -0.2) is 9.59 Å². The quantitative estimate of drug-likeness (QED) is 0.0982. The van der Waals surface area contributed by atoms with Gasteiger partial charge in [-0.2, -0.15) is 0 Å². The highest BCUT2D eigenvalue weighted by Crippen LogP contribution is 2.22. The van der Waals surface area contributed by atoms with Crippen molar-refractivity contribution >= 4 is 23.8 Å². The number of nitrogens with one attached hydrogen (secondary N) is 3. The van der Waals surface area contributed by atoms with Crippen LogP contribution in [0.2, 0.25) is 0 Å². The molecule has 1 aliphatic heterocycles. The van der Waals surface area contributed by atoms with Gasteiger partial charge < -0.3 is 35.8 Å². The largest absolute Gasteiger partial charge is 0.483 e. The third kappa shape index (κ3) is 13.3. The molecule has 0 spiro atoms. The second-order valence-electron chi connectivity index (χ2n) is 14.2. The van der Waals surface area contributed by atoms with Crippen LogP contribution in [-0.2, 0) is 22.4 Å². The van der Waals surface area contributed by atoms with Crippen LogP contribution in [0.1, 0.15) is 59.3 Å². The van der Waals surface area contributed by atoms with E-state index in [1.54, 1.807) is 35.2 Å². The van der Waals surface area contributed by atoms with Crippen LogP contribution in [0, 0.1) is 19.8 Å². The third-order valence-electron chi connectivity index (χ3n) is 9.43. The minimum absolute atomic E-state index is 0.117. The summed E-state index contributed by atoms with van der Waals surface area (Å²) in [5.74, 6) is -0.928. The number of para-hydroxylation sites is 1. The van der Waals surface area contributed by atoms with Crippen LogP contribution in [0.25, 0.3) is 0 Å². The van der Waals surface area contributed by atoms with Crippen molar-refractivity contribution in [1.29, 1.82) is 0 Å². The average molecular weight is 751 g/mol. The van der Waals surface area contributed by atoms with E-state index in [1.165, 1.54) is 0 Å². The molecule has 0 radical (unpaired) electrons. The lowest BCUT2D eigenvalue weighted by Crippen LogP contribution is -2.59. The lowest BCUT2D eigenvalue weighted by Gasteiger charge is -2.37. The molecule has 11 heteroatoms. The Balaban J connectivity index is 0.000000654. The number of aromatic carboxylic acids is 1. The van der Waals surface area contributed by atoms with Crippen LogP contribution in [0.4, 0.5) is 4.79 Å². The molecule has 1 heterocycles. The van der Waals surface area contributed by atoms with E-state index in [4.69, 9.17) is 9.84 Å². The Morgan fingerprint density at radius 2 is 1.36 bits per heavy atom. The van der Waals surface area contributed by atoms with E-state index in [-0.39, 0.29) is 36.8 Å². The van der Waals surface area contributed by atoms with E-state index in [0.717, 1.165) is 28.7 Å². The maximum absolute atomic E-state index is 13.8. The van der Waals surface area contributed by atoms with E-state index in [0.29, 0.717) is 37.2 Å². The van der Waals surface area contributed by atoms with Crippen molar-refractivity contribution in [3.63, 3.8) is 0 Å². The van der Waals surface area contributed by atoms with Crippen LogP contribution < -0.4 is 20.7 Å². The molecule has 4 amide bonds. The van der Waals surface area contributed by atoms with Crippen molar-refractivity contribution < 1.29 is 34.1 Å². The predicted molar refractivity (Wildman–Crippen MR) is 213 cm³/mol. The first-order valence-electron chi connectivity index (χ1n) is 18.8. The Labute approximate surface area is 324 Å². The highest BCUT2D eigenvalue weighted by Gasteiger charge is 2.35. The summed E-state index contributed by atoms with van der Waals surface area (Å²) in [6, 6.07) is 31.6. The van der Waals surface area contributed by atoms with E-state index < -0.39 is 30.2 Å². The number of carboxylic acid groups (broad SMARTS) is 1. The van der Waals surface area contributed by atoms with Crippen molar-refractivity contribution in [1.82, 2.24) is 20.9 Å². The Morgan fingerprint density at radius 3 is 1.89 bits per heavy atom. The summed E-state index contributed by atoms with van der Waals surface area (Å²) in [5, 5.41) is 29.1. The maximum atomic E-state index is 13.8. The molecule has 0 saturated carbocycles. The van der Waals surface area contributed by atoms with Gasteiger partial charge in [0.25, 0.3) is 5.91 Å². The molecule has 11 nitrogen and oxygen atoms in total. The Kier molecular flexibility index (Phi) is 16.3. The number of aliphatic hydroxyl groups excluding tert-OH is 1. The normalized spacial score (nSPS) is 14.7. The summed E-state index contributed by atoms with van der Waals surface area (Å²) in [5.41, 5.74) is 4.17. The number of carbonyl (C=O) groups excluding carboxylic acids is 3. The van der Waals surface area contributed by atoms with Crippen LogP contribution >= 0.6 is 0 Å². The number of aliphatic hydroxyl groups is 1. The number of nitrogens with zero attached hydrogens (tertiary/aromatic N) is 1. The molecule has 0 unspecified atom stereocenters. The number of aryl methyl sites for hydroxylation is 2. The minimum atomic E-state index is -0.992. The summed E-state index contributed by atoms with van der Waals surface area (Å²) in [6.07, 6.45) is 0.831. The highest BCUT2D eigenvalue weighted by molar-refractivity contribution is 5.88. The smallest absolute Gasteiger partial charge is 0.335 e. The van der Waals surface area contributed by atoms with Gasteiger partial charge in [0.05, 0.1) is 17.7 Å². The van der Waals surface area contributed by atoms with Crippen molar-refractivity contribution in [2.75, 3.05) is 19.7 Å². The first kappa shape index (κ1) is 42.1. The minimum Gasteiger partial charge on any atom is -0.483 e. The molecule has 292 valence electrons. The Morgan fingerprint density at radius 1 is 0.800 bits per heavy atom. The monoisotopic (exact) mass is 750 g/mol. The molecule has 5 N–H and O–H groups in total. The van der Waals surface area contributed by atoms with Crippen LogP contribution in [0.3, 0.4) is 0 Å². The third-order valence-corrected chi connectivity index (χ3v) is 9.43. The first-order chi connectivity index (χ1) is 26.4. The number of hydrogen-bond acceptors (Lipinski definition) is 6. The number of rotatable bonds is 16. The molecule has 4 aromatic rings. The molecule has 0 aliphatic carbocycles. The summed E-state index contributed by atoms with van der Waals surface area (Å²) in [6.45, 7) is 8.63. The summed E-state index contributed by atoms with van der Waals surface area (Å²) in [4.78, 5) is 51.5. The predicted octanol–water partition coefficient (Wildman–Crippen LogP) is 5.71. The number of benzene rings is 4.